The molecule has 0 fully saturated rings. The molecule has 101 heavy (non-hydrogen) atoms. The summed E-state index contributed by atoms with van der Waals surface area (Å²) in [5.41, 5.74) is 0. The quantitative estimate of drug-likeness (QED) is 0.0146. The van der Waals surface area contributed by atoms with Crippen LogP contribution in [0.15, 0.2) is 146 Å². The van der Waals surface area contributed by atoms with E-state index in [4.69, 9.17) is 32.3 Å². The number of unbranched alkanes of at least 4 members (excludes halogenated alkanes) is 26. The van der Waals surface area contributed by atoms with Gasteiger partial charge in [0, 0.05) is 19.3 Å². The predicted molar refractivity (Wildman–Crippen MR) is 417 cm³/mol. The van der Waals surface area contributed by atoms with E-state index in [1.54, 1.807) is 0 Å². The number of carbonyl (C=O) groups is 3. The smallest absolute Gasteiger partial charge is 0.463 e. The number of ether oxygens (including phenoxy) is 3. The summed E-state index contributed by atoms with van der Waals surface area (Å²) in [5, 5.41) is 20.6. The lowest BCUT2D eigenvalue weighted by Gasteiger charge is -2.21. The number of hydrogen-bond acceptors (Lipinski definition) is 14. The van der Waals surface area contributed by atoms with Gasteiger partial charge in [-0.05, 0) is 141 Å². The lowest BCUT2D eigenvalue weighted by atomic mass is 10.0. The topological polar surface area (TPSA) is 231 Å². The molecular weight excluding hydrogens is 1310 g/mol. The Labute approximate surface area is 613 Å². The maximum absolute atomic E-state index is 12.9. The Morgan fingerprint density at radius 3 is 0.851 bits per heavy atom. The van der Waals surface area contributed by atoms with Crippen LogP contribution < -0.4 is 0 Å². The molecule has 0 aromatic heterocycles. The third-order valence-electron chi connectivity index (χ3n) is 16.0. The van der Waals surface area contributed by atoms with Crippen LogP contribution in [0.2, 0.25) is 0 Å². The van der Waals surface area contributed by atoms with Crippen LogP contribution in [0, 0.1) is 0 Å². The van der Waals surface area contributed by atoms with Crippen LogP contribution in [0.5, 0.6) is 0 Å². The number of phosphoric acid groups is 2. The fraction of sp³-hybridized carbons (Fsp3) is 0.675. The summed E-state index contributed by atoms with van der Waals surface area (Å²) in [5.74, 6) is -1.62. The van der Waals surface area contributed by atoms with E-state index in [1.807, 2.05) is 0 Å². The molecule has 0 radical (unpaired) electrons. The zero-order valence-corrected chi connectivity index (χ0v) is 64.8. The average Bonchev–Trinajstić information content (AvgIpc) is 0.933. The Morgan fingerprint density at radius 1 is 0.287 bits per heavy atom. The number of carbonyl (C=O) groups excluding carboxylic acids is 3. The van der Waals surface area contributed by atoms with Crippen LogP contribution in [0.3, 0.4) is 0 Å². The number of allylic oxidation sites excluding steroid dienone is 24. The highest BCUT2D eigenvalue weighted by Gasteiger charge is 2.29. The molecule has 0 aliphatic carbocycles. The van der Waals surface area contributed by atoms with Crippen molar-refractivity contribution < 1.29 is 75.8 Å². The zero-order chi connectivity index (χ0) is 73.7. The Hall–Kier alpha value is -4.57. The van der Waals surface area contributed by atoms with Crippen molar-refractivity contribution in [2.75, 3.05) is 39.6 Å². The van der Waals surface area contributed by atoms with Crippen molar-refractivity contribution in [2.45, 2.75) is 322 Å². The van der Waals surface area contributed by atoms with Crippen molar-refractivity contribution in [1.82, 2.24) is 0 Å². The molecule has 0 spiro atoms. The van der Waals surface area contributed by atoms with Gasteiger partial charge in [0.25, 0.3) is 0 Å². The standard InChI is InChI=1S/C83H140O16P2/c1-4-7-10-13-16-19-22-25-27-29-31-32-33-34-35-36-37-38-39-40-41-42-43-44-46-48-49-52-54-57-60-63-66-69-81(86)93-72-78(84)73-95-100(89,90)96-74-79(85)75-97-101(91,92)98-77-80(99-83(88)71-68-65-62-59-56-51-24-21-18-15-12-9-6-3)76-94-82(87)70-67-64-61-58-55-53-50-47-45-30-28-26-23-20-17-14-11-8-5-2/h7-8,10-11,16-17,19-21,24-28,31-32,34-35,37-38,45,47,53,55,78-80,84-85H,4-6,9,12-15,18,22-23,29-30,33,36,39-44,46,48-52,54,56-77H2,1-3H3,(H,89,90)(H,91,92)/b10-7-,11-8-,19-16-,20-17-,24-21-,27-25-,28-26-,32-31-,35-34-,38-37-,47-45-,55-53-. The zero-order valence-electron chi connectivity index (χ0n) is 63.0. The van der Waals surface area contributed by atoms with Gasteiger partial charge in [0.05, 0.1) is 26.4 Å². The van der Waals surface area contributed by atoms with E-state index < -0.39 is 91.5 Å². The minimum atomic E-state index is -4.94. The molecule has 0 aromatic carbocycles. The number of aliphatic hydroxyl groups excluding tert-OH is 2. The van der Waals surface area contributed by atoms with Crippen molar-refractivity contribution >= 4 is 33.6 Å². The molecular formula is C83H140O16P2. The Kier molecular flexibility index (Phi) is 71.7. The normalized spacial score (nSPS) is 14.8. The Bertz CT molecular complexity index is 2420. The van der Waals surface area contributed by atoms with E-state index >= 15 is 0 Å². The van der Waals surface area contributed by atoms with E-state index in [0.717, 1.165) is 154 Å². The fourth-order valence-corrected chi connectivity index (χ4v) is 11.7. The summed E-state index contributed by atoms with van der Waals surface area (Å²) >= 11 is 0. The molecule has 16 nitrogen and oxygen atoms in total. The van der Waals surface area contributed by atoms with Crippen molar-refractivity contribution in [3.8, 4) is 0 Å². The number of rotatable bonds is 73. The van der Waals surface area contributed by atoms with Crippen LogP contribution in [0.4, 0.5) is 0 Å². The van der Waals surface area contributed by atoms with Gasteiger partial charge in [-0.2, -0.15) is 0 Å². The molecule has 0 amide bonds. The fourth-order valence-electron chi connectivity index (χ4n) is 10.1. The van der Waals surface area contributed by atoms with Gasteiger partial charge >= 0.3 is 33.6 Å². The summed E-state index contributed by atoms with van der Waals surface area (Å²) in [6, 6.07) is 0. The van der Waals surface area contributed by atoms with Gasteiger partial charge in [-0.15, -0.1) is 0 Å². The monoisotopic (exact) mass is 1450 g/mol. The first-order valence-corrected chi connectivity index (χ1v) is 42.1. The van der Waals surface area contributed by atoms with E-state index in [9.17, 15) is 43.5 Å². The summed E-state index contributed by atoms with van der Waals surface area (Å²) in [7, 11) is -9.80. The number of hydrogen-bond donors (Lipinski definition) is 4. The van der Waals surface area contributed by atoms with Crippen LogP contribution >= 0.6 is 15.6 Å². The average molecular weight is 1460 g/mol. The first-order chi connectivity index (χ1) is 49.2. The third kappa shape index (κ3) is 76.4. The molecule has 4 N–H and O–H groups in total. The largest absolute Gasteiger partial charge is 0.472 e. The van der Waals surface area contributed by atoms with Crippen LogP contribution in [0.25, 0.3) is 0 Å². The van der Waals surface area contributed by atoms with Gasteiger partial charge in [0.2, 0.25) is 0 Å². The molecule has 0 rings (SSSR count). The predicted octanol–water partition coefficient (Wildman–Crippen LogP) is 22.9. The van der Waals surface area contributed by atoms with Gasteiger partial charge in [-0.3, -0.25) is 32.5 Å². The second kappa shape index (κ2) is 75.1. The maximum atomic E-state index is 12.9. The second-order valence-corrected chi connectivity index (χ2v) is 28.7. The second-order valence-electron chi connectivity index (χ2n) is 25.7. The number of esters is 3. The van der Waals surface area contributed by atoms with Crippen molar-refractivity contribution in [3.05, 3.63) is 146 Å². The van der Waals surface area contributed by atoms with Crippen LogP contribution in [-0.4, -0.2) is 95.9 Å². The van der Waals surface area contributed by atoms with E-state index in [-0.39, 0.29) is 19.3 Å². The molecule has 18 heteroatoms. The molecule has 0 aliphatic heterocycles. The molecule has 5 atom stereocenters. The molecule has 5 unspecified atom stereocenters. The lowest BCUT2D eigenvalue weighted by Crippen LogP contribution is -2.30. The Balaban J connectivity index is 4.45. The first-order valence-electron chi connectivity index (χ1n) is 39.1. The minimum Gasteiger partial charge on any atom is -0.463 e. The van der Waals surface area contributed by atoms with Crippen LogP contribution in [0.1, 0.15) is 303 Å². The highest BCUT2D eigenvalue weighted by Crippen LogP contribution is 2.45. The van der Waals surface area contributed by atoms with Gasteiger partial charge < -0.3 is 34.2 Å². The molecule has 0 bridgehead atoms. The minimum absolute atomic E-state index is 0.0842. The third-order valence-corrected chi connectivity index (χ3v) is 17.9. The van der Waals surface area contributed by atoms with Crippen molar-refractivity contribution in [3.63, 3.8) is 0 Å². The Morgan fingerprint density at radius 2 is 0.525 bits per heavy atom. The highest BCUT2D eigenvalue weighted by atomic mass is 31.2. The van der Waals surface area contributed by atoms with Gasteiger partial charge in [-0.25, -0.2) is 9.13 Å². The molecule has 0 saturated heterocycles. The number of phosphoric ester groups is 2. The van der Waals surface area contributed by atoms with E-state index in [1.165, 1.54) is 89.9 Å². The molecule has 0 aromatic rings. The van der Waals surface area contributed by atoms with Gasteiger partial charge in [0.1, 0.15) is 25.4 Å². The number of aliphatic hydroxyl groups is 2. The SMILES string of the molecule is CC/C=C\C/C=C\C/C=C\C/C=C\C/C=C\C/C=C\CCCCCCCCCCCCCCCCC(=O)OCC(O)COP(=O)(O)OCC(O)COP(=O)(O)OCC(COC(=O)CCCCC/C=C\C/C=C\C/C=C\C/C=C\C/C=C\CC)OC(=O)CCCCCCC/C=C\CCCCCC. The van der Waals surface area contributed by atoms with Crippen molar-refractivity contribution in [1.29, 1.82) is 0 Å². The van der Waals surface area contributed by atoms with E-state index in [0.29, 0.717) is 19.3 Å². The highest BCUT2D eigenvalue weighted by molar-refractivity contribution is 7.47. The van der Waals surface area contributed by atoms with E-state index in [2.05, 4.69) is 167 Å². The van der Waals surface area contributed by atoms with Gasteiger partial charge in [0.15, 0.2) is 6.10 Å². The summed E-state index contributed by atoms with van der Waals surface area (Å²) in [4.78, 5) is 58.5. The summed E-state index contributed by atoms with van der Waals surface area (Å²) < 4.78 is 61.0. The lowest BCUT2D eigenvalue weighted by molar-refractivity contribution is -0.161. The molecule has 0 saturated carbocycles. The molecule has 0 aliphatic rings. The molecule has 0 heterocycles. The summed E-state index contributed by atoms with van der Waals surface area (Å²) in [6.45, 7) is 2.38. The van der Waals surface area contributed by atoms with Gasteiger partial charge in [-0.1, -0.05) is 289 Å². The van der Waals surface area contributed by atoms with Crippen molar-refractivity contribution in [2.24, 2.45) is 0 Å². The van der Waals surface area contributed by atoms with Crippen LogP contribution in [-0.2, 0) is 55.8 Å². The first kappa shape index (κ1) is 96.4. The molecule has 578 valence electrons. The summed E-state index contributed by atoms with van der Waals surface area (Å²) in [6.07, 6.45) is 92.0. The maximum Gasteiger partial charge on any atom is 0.472 e.